The van der Waals surface area contributed by atoms with Gasteiger partial charge in [-0.05, 0) is 43.5 Å². The molecule has 0 bridgehead atoms. The third-order valence-corrected chi connectivity index (χ3v) is 4.93. The molecule has 0 radical (unpaired) electrons. The summed E-state index contributed by atoms with van der Waals surface area (Å²) in [4.78, 5) is 23.1. The summed E-state index contributed by atoms with van der Waals surface area (Å²) >= 11 is 0. The second-order valence-corrected chi connectivity index (χ2v) is 7.71. The van der Waals surface area contributed by atoms with Crippen molar-refractivity contribution in [1.82, 2.24) is 0 Å². The molecule has 6 nitrogen and oxygen atoms in total. The summed E-state index contributed by atoms with van der Waals surface area (Å²) in [6.07, 6.45) is 13.0. The third-order valence-electron chi connectivity index (χ3n) is 4.93. The molecule has 0 saturated carbocycles. The normalized spacial score (nSPS) is 10.7. The van der Waals surface area contributed by atoms with Crippen LogP contribution in [0.5, 0.6) is 11.5 Å². The minimum absolute atomic E-state index is 0.301. The average Bonchev–Trinajstić information content (AvgIpc) is 2.80. The fraction of sp³-hybridized carbons (Fsp3) is 0.538. The largest absolute Gasteiger partial charge is 0.493 e. The topological polar surface area (TPSA) is 71.1 Å². The molecule has 0 heterocycles. The monoisotopic (exact) mass is 446 g/mol. The van der Waals surface area contributed by atoms with Crippen molar-refractivity contribution in [3.8, 4) is 11.5 Å². The molecule has 0 spiro atoms. The predicted molar refractivity (Wildman–Crippen MR) is 127 cm³/mol. The number of rotatable bonds is 17. The van der Waals surface area contributed by atoms with E-state index < -0.39 is 0 Å². The van der Waals surface area contributed by atoms with E-state index in [0.717, 1.165) is 44.1 Å². The summed E-state index contributed by atoms with van der Waals surface area (Å²) in [7, 11) is 3.16. The molecule has 0 N–H and O–H groups in total. The fourth-order valence-corrected chi connectivity index (χ4v) is 3.07. The molecule has 1 aromatic carbocycles. The Morgan fingerprint density at radius 2 is 1.34 bits per heavy atom. The highest BCUT2D eigenvalue weighted by atomic mass is 16.5. The quantitative estimate of drug-likeness (QED) is 0.169. The van der Waals surface area contributed by atoms with Gasteiger partial charge >= 0.3 is 11.9 Å². The first-order valence-electron chi connectivity index (χ1n) is 11.4. The lowest BCUT2D eigenvalue weighted by molar-refractivity contribution is -0.139. The van der Waals surface area contributed by atoms with Gasteiger partial charge < -0.3 is 18.9 Å². The van der Waals surface area contributed by atoms with E-state index in [2.05, 4.69) is 6.58 Å². The zero-order valence-electron chi connectivity index (χ0n) is 19.8. The molecule has 0 aromatic heterocycles. The van der Waals surface area contributed by atoms with E-state index in [1.807, 2.05) is 6.07 Å². The number of methoxy groups -OCH3 is 2. The number of carbonyl (C=O) groups is 2. The van der Waals surface area contributed by atoms with Gasteiger partial charge in [0.05, 0.1) is 27.4 Å². The maximum Gasteiger partial charge on any atom is 0.333 e. The van der Waals surface area contributed by atoms with Gasteiger partial charge in [-0.2, -0.15) is 0 Å². The van der Waals surface area contributed by atoms with Crippen LogP contribution in [0.1, 0.15) is 70.3 Å². The summed E-state index contributed by atoms with van der Waals surface area (Å²) in [6.45, 7) is 6.14. The van der Waals surface area contributed by atoms with Crippen molar-refractivity contribution in [2.75, 3.05) is 27.4 Å². The van der Waals surface area contributed by atoms with E-state index >= 15 is 0 Å². The van der Waals surface area contributed by atoms with Crippen molar-refractivity contribution < 1.29 is 28.5 Å². The molecule has 0 aliphatic rings. The molecular formula is C26H38O6. The Morgan fingerprint density at radius 3 is 1.88 bits per heavy atom. The van der Waals surface area contributed by atoms with Crippen LogP contribution in [0.2, 0.25) is 0 Å². The van der Waals surface area contributed by atoms with Crippen molar-refractivity contribution in [1.29, 1.82) is 0 Å². The smallest absolute Gasteiger partial charge is 0.333 e. The molecule has 0 unspecified atom stereocenters. The van der Waals surface area contributed by atoms with Crippen molar-refractivity contribution >= 4 is 18.0 Å². The van der Waals surface area contributed by atoms with Crippen LogP contribution in [0.25, 0.3) is 6.08 Å². The third kappa shape index (κ3) is 12.2. The number of carbonyl (C=O) groups excluding carboxylic acids is 2. The van der Waals surface area contributed by atoms with Crippen LogP contribution in [0, 0.1) is 0 Å². The number of unbranched alkanes of at least 4 members (excludes halogenated alkanes) is 8. The van der Waals surface area contributed by atoms with Crippen LogP contribution in [-0.2, 0) is 19.1 Å². The minimum Gasteiger partial charge on any atom is -0.493 e. The van der Waals surface area contributed by atoms with Gasteiger partial charge in [0.1, 0.15) is 0 Å². The zero-order chi connectivity index (χ0) is 23.6. The Kier molecular flexibility index (Phi) is 14.4. The van der Waals surface area contributed by atoms with Crippen LogP contribution in [-0.4, -0.2) is 39.4 Å². The summed E-state index contributed by atoms with van der Waals surface area (Å²) in [5.41, 5.74) is 1.29. The van der Waals surface area contributed by atoms with E-state index in [9.17, 15) is 9.59 Å². The molecule has 6 heteroatoms. The fourth-order valence-electron chi connectivity index (χ4n) is 3.07. The SMILES string of the molecule is C=C(C)C(=O)OCCCCCCCCCCCOC(=O)/C=C/c1ccc(OC)c(OC)c1. The summed E-state index contributed by atoms with van der Waals surface area (Å²) in [5, 5.41) is 0. The summed E-state index contributed by atoms with van der Waals surface area (Å²) in [6, 6.07) is 5.45. The van der Waals surface area contributed by atoms with Gasteiger partial charge in [0, 0.05) is 11.6 Å². The van der Waals surface area contributed by atoms with Crippen LogP contribution < -0.4 is 9.47 Å². The Hall–Kier alpha value is -2.76. The lowest BCUT2D eigenvalue weighted by atomic mass is 10.1. The predicted octanol–water partition coefficient (Wildman–Crippen LogP) is 5.89. The minimum atomic E-state index is -0.339. The van der Waals surface area contributed by atoms with Crippen LogP contribution >= 0.6 is 0 Å². The van der Waals surface area contributed by atoms with Gasteiger partial charge in [0.15, 0.2) is 11.5 Å². The first kappa shape index (κ1) is 27.3. The highest BCUT2D eigenvalue weighted by molar-refractivity contribution is 5.87. The van der Waals surface area contributed by atoms with Crippen molar-refractivity contribution in [2.24, 2.45) is 0 Å². The number of esters is 2. The first-order chi connectivity index (χ1) is 15.5. The number of benzene rings is 1. The summed E-state index contributed by atoms with van der Waals surface area (Å²) < 4.78 is 20.8. The molecule has 0 aliphatic heterocycles. The number of ether oxygens (including phenoxy) is 4. The van der Waals surface area contributed by atoms with Gasteiger partial charge in [-0.15, -0.1) is 0 Å². The highest BCUT2D eigenvalue weighted by Crippen LogP contribution is 2.27. The van der Waals surface area contributed by atoms with Gasteiger partial charge in [-0.1, -0.05) is 57.6 Å². The lowest BCUT2D eigenvalue weighted by Gasteiger charge is -2.07. The van der Waals surface area contributed by atoms with E-state index in [1.54, 1.807) is 39.4 Å². The molecule has 178 valence electrons. The standard InChI is InChI=1S/C26H38O6/c1-21(2)26(28)32-19-13-11-9-7-5-6-8-10-12-18-31-25(27)17-15-22-14-16-23(29-3)24(20-22)30-4/h14-17,20H,1,5-13,18-19H2,2-4H3/b17-15+. The van der Waals surface area contributed by atoms with Crippen molar-refractivity contribution in [3.63, 3.8) is 0 Å². The van der Waals surface area contributed by atoms with E-state index in [1.165, 1.54) is 25.3 Å². The van der Waals surface area contributed by atoms with E-state index in [0.29, 0.717) is 30.3 Å². The second kappa shape index (κ2) is 16.9. The number of hydrogen-bond donors (Lipinski definition) is 0. The number of hydrogen-bond acceptors (Lipinski definition) is 6. The van der Waals surface area contributed by atoms with Gasteiger partial charge in [0.25, 0.3) is 0 Å². The zero-order valence-corrected chi connectivity index (χ0v) is 19.8. The Bertz CT molecular complexity index is 738. The Labute approximate surface area is 192 Å². The Morgan fingerprint density at radius 1 is 0.812 bits per heavy atom. The molecule has 0 aliphatic carbocycles. The van der Waals surface area contributed by atoms with Crippen LogP contribution in [0.15, 0.2) is 36.4 Å². The molecule has 0 atom stereocenters. The Balaban J connectivity index is 2.00. The lowest BCUT2D eigenvalue weighted by Crippen LogP contribution is -2.05. The molecule has 1 aromatic rings. The summed E-state index contributed by atoms with van der Waals surface area (Å²) in [5.74, 6) is 0.624. The molecule has 0 fully saturated rings. The highest BCUT2D eigenvalue weighted by Gasteiger charge is 2.04. The maximum atomic E-state index is 11.8. The molecule has 0 amide bonds. The average molecular weight is 447 g/mol. The van der Waals surface area contributed by atoms with Crippen molar-refractivity contribution in [3.05, 3.63) is 42.0 Å². The first-order valence-corrected chi connectivity index (χ1v) is 11.4. The van der Waals surface area contributed by atoms with E-state index in [-0.39, 0.29) is 11.9 Å². The van der Waals surface area contributed by atoms with Crippen LogP contribution in [0.3, 0.4) is 0 Å². The van der Waals surface area contributed by atoms with Gasteiger partial charge in [-0.3, -0.25) is 0 Å². The second-order valence-electron chi connectivity index (χ2n) is 7.71. The van der Waals surface area contributed by atoms with Crippen molar-refractivity contribution in [2.45, 2.75) is 64.7 Å². The maximum absolute atomic E-state index is 11.8. The molecular weight excluding hydrogens is 408 g/mol. The van der Waals surface area contributed by atoms with E-state index in [4.69, 9.17) is 18.9 Å². The molecule has 32 heavy (non-hydrogen) atoms. The van der Waals surface area contributed by atoms with Crippen LogP contribution in [0.4, 0.5) is 0 Å². The molecule has 1 rings (SSSR count). The molecule has 0 saturated heterocycles. The van der Waals surface area contributed by atoms with Gasteiger partial charge in [-0.25, -0.2) is 9.59 Å². The van der Waals surface area contributed by atoms with Gasteiger partial charge in [0.2, 0.25) is 0 Å².